The molecule has 0 saturated heterocycles. The molecule has 6 heteroatoms. The molecule has 1 unspecified atom stereocenters. The minimum absolute atomic E-state index is 0.00701. The molecule has 1 N–H and O–H groups in total. The number of hydrogen-bond donors (Lipinski definition) is 1. The zero-order chi connectivity index (χ0) is 12.0. The zero-order valence-electron chi connectivity index (χ0n) is 8.99. The quantitative estimate of drug-likeness (QED) is 0.796. The Morgan fingerprint density at radius 2 is 2.41 bits per heavy atom. The largest absolute Gasteiger partial charge is 0.324 e. The molecule has 88 valence electrons. The van der Waals surface area contributed by atoms with Crippen molar-refractivity contribution in [2.24, 2.45) is 4.99 Å². The van der Waals surface area contributed by atoms with Crippen LogP contribution in [-0.4, -0.2) is 23.1 Å². The average molecular weight is 285 g/mol. The molecule has 3 nitrogen and oxygen atoms in total. The van der Waals surface area contributed by atoms with Crippen LogP contribution in [0, 0.1) is 0 Å². The average Bonchev–Trinajstić information content (AvgIpc) is 2.86. The highest BCUT2D eigenvalue weighted by molar-refractivity contribution is 8.39. The van der Waals surface area contributed by atoms with Gasteiger partial charge in [0.2, 0.25) is 5.91 Å². The number of benzene rings is 1. The smallest absolute Gasteiger partial charge is 0.247 e. The normalized spacial score (nSPS) is 26.0. The van der Waals surface area contributed by atoms with Crippen LogP contribution in [0.4, 0.5) is 5.69 Å². The van der Waals surface area contributed by atoms with E-state index < -0.39 is 4.75 Å². The lowest BCUT2D eigenvalue weighted by Crippen LogP contribution is -2.31. The summed E-state index contributed by atoms with van der Waals surface area (Å²) < 4.78 is 0.353. The summed E-state index contributed by atoms with van der Waals surface area (Å²) in [5, 5.41) is 3.55. The number of hydrogen-bond acceptors (Lipinski definition) is 4. The summed E-state index contributed by atoms with van der Waals surface area (Å²) in [5.74, 6) is 0.00701. The summed E-state index contributed by atoms with van der Waals surface area (Å²) in [7, 11) is 0. The molecule has 1 atom stereocenters. The number of thioether (sulfide) groups is 2. The molecule has 1 amide bonds. The lowest BCUT2D eigenvalue weighted by Gasteiger charge is -2.18. The van der Waals surface area contributed by atoms with Gasteiger partial charge in [-0.05, 0) is 24.5 Å². The summed E-state index contributed by atoms with van der Waals surface area (Å²) in [6.45, 7) is 0.493. The number of nitrogens with zero attached hydrogens (tertiary/aromatic N) is 1. The standard InChI is InChI=1S/C11H9ClN2OS2/c1-16-10-13-5-11(17-10)7-4-6(12)2-3-8(7)14-9(11)15/h2-4H,5H2,1H3,(H,14,15). The number of amides is 1. The van der Waals surface area contributed by atoms with Crippen LogP contribution in [0.2, 0.25) is 5.02 Å². The molecule has 0 aliphatic carbocycles. The van der Waals surface area contributed by atoms with Crippen LogP contribution in [0.15, 0.2) is 23.2 Å². The van der Waals surface area contributed by atoms with Crippen LogP contribution in [-0.2, 0) is 9.54 Å². The minimum Gasteiger partial charge on any atom is -0.324 e. The number of halogens is 1. The van der Waals surface area contributed by atoms with Crippen molar-refractivity contribution in [3.63, 3.8) is 0 Å². The molecular formula is C11H9ClN2OS2. The summed E-state index contributed by atoms with van der Waals surface area (Å²) in [6.07, 6.45) is 1.97. The van der Waals surface area contributed by atoms with Crippen molar-refractivity contribution in [1.82, 2.24) is 0 Å². The molecule has 1 spiro atoms. The first kappa shape index (κ1) is 11.4. The van der Waals surface area contributed by atoms with Gasteiger partial charge in [-0.2, -0.15) is 0 Å². The second-order valence-corrected chi connectivity index (χ2v) is 6.64. The number of fused-ring (bicyclic) bond motifs is 2. The fraction of sp³-hybridized carbons (Fsp3) is 0.273. The molecule has 0 bridgehead atoms. The Labute approximate surface area is 112 Å². The number of carbonyl (C=O) groups is 1. The van der Waals surface area contributed by atoms with Crippen LogP contribution in [0.25, 0.3) is 0 Å². The third-order valence-corrected chi connectivity index (χ3v) is 5.55. The Kier molecular flexibility index (Phi) is 2.65. The van der Waals surface area contributed by atoms with Crippen molar-refractivity contribution in [2.45, 2.75) is 4.75 Å². The molecule has 1 aromatic rings. The van der Waals surface area contributed by atoms with Crippen LogP contribution in [0.1, 0.15) is 5.56 Å². The maximum absolute atomic E-state index is 12.2. The second kappa shape index (κ2) is 3.93. The highest BCUT2D eigenvalue weighted by Crippen LogP contribution is 2.51. The first-order chi connectivity index (χ1) is 8.15. The van der Waals surface area contributed by atoms with E-state index in [1.807, 2.05) is 18.4 Å². The molecule has 1 aromatic carbocycles. The third-order valence-electron chi connectivity index (χ3n) is 2.90. The summed E-state index contributed by atoms with van der Waals surface area (Å²) >= 11 is 9.11. The van der Waals surface area contributed by atoms with Gasteiger partial charge in [-0.25, -0.2) is 0 Å². The van der Waals surface area contributed by atoms with Crippen molar-refractivity contribution in [3.8, 4) is 0 Å². The molecule has 0 saturated carbocycles. The lowest BCUT2D eigenvalue weighted by molar-refractivity contribution is -0.117. The molecule has 2 heterocycles. The van der Waals surface area contributed by atoms with E-state index >= 15 is 0 Å². The molecule has 0 aromatic heterocycles. The Bertz CT molecular complexity index is 546. The van der Waals surface area contributed by atoms with Crippen LogP contribution < -0.4 is 5.32 Å². The maximum Gasteiger partial charge on any atom is 0.247 e. The Morgan fingerprint density at radius 1 is 1.59 bits per heavy atom. The van der Waals surface area contributed by atoms with Crippen molar-refractivity contribution >= 4 is 51.1 Å². The SMILES string of the molecule is CSC1=NCC2(S1)C(=O)Nc1ccc(Cl)cc12. The van der Waals surface area contributed by atoms with Gasteiger partial charge in [-0.3, -0.25) is 9.79 Å². The van der Waals surface area contributed by atoms with Gasteiger partial charge in [-0.15, -0.1) is 11.8 Å². The van der Waals surface area contributed by atoms with E-state index in [0.29, 0.717) is 11.6 Å². The highest BCUT2D eigenvalue weighted by Gasteiger charge is 2.51. The maximum atomic E-state index is 12.2. The van der Waals surface area contributed by atoms with Gasteiger partial charge >= 0.3 is 0 Å². The van der Waals surface area contributed by atoms with Gasteiger partial charge in [0.25, 0.3) is 0 Å². The molecular weight excluding hydrogens is 276 g/mol. The van der Waals surface area contributed by atoms with Crippen LogP contribution in [0.3, 0.4) is 0 Å². The molecule has 0 fully saturated rings. The van der Waals surface area contributed by atoms with E-state index in [4.69, 9.17) is 11.6 Å². The Balaban J connectivity index is 2.09. The summed E-state index contributed by atoms with van der Waals surface area (Å²) in [4.78, 5) is 16.6. The van der Waals surface area contributed by atoms with Crippen molar-refractivity contribution in [2.75, 3.05) is 18.1 Å². The lowest BCUT2D eigenvalue weighted by atomic mass is 10.00. The van der Waals surface area contributed by atoms with Crippen LogP contribution in [0.5, 0.6) is 0 Å². The van der Waals surface area contributed by atoms with Crippen LogP contribution >= 0.6 is 35.1 Å². The van der Waals surface area contributed by atoms with Crippen molar-refractivity contribution < 1.29 is 4.79 Å². The van der Waals surface area contributed by atoms with Crippen molar-refractivity contribution in [1.29, 1.82) is 0 Å². The first-order valence-corrected chi connectivity index (χ1v) is 7.46. The predicted molar refractivity (Wildman–Crippen MR) is 75.2 cm³/mol. The molecule has 17 heavy (non-hydrogen) atoms. The second-order valence-electron chi connectivity index (χ2n) is 3.86. The van der Waals surface area contributed by atoms with E-state index in [1.54, 1.807) is 17.8 Å². The number of carbonyl (C=O) groups excluding carboxylic acids is 1. The van der Waals surface area contributed by atoms with E-state index in [0.717, 1.165) is 15.6 Å². The zero-order valence-corrected chi connectivity index (χ0v) is 11.4. The monoisotopic (exact) mass is 284 g/mol. The van der Waals surface area contributed by atoms with Gasteiger partial charge in [0.15, 0.2) is 0 Å². The molecule has 2 aliphatic heterocycles. The van der Waals surface area contributed by atoms with Gasteiger partial charge in [0, 0.05) is 16.3 Å². The predicted octanol–water partition coefficient (Wildman–Crippen LogP) is 2.95. The first-order valence-electron chi connectivity index (χ1n) is 5.05. The molecule has 3 rings (SSSR count). The Morgan fingerprint density at radius 3 is 3.12 bits per heavy atom. The molecule has 2 aliphatic rings. The number of nitrogens with one attached hydrogen (secondary N) is 1. The van der Waals surface area contributed by atoms with Gasteiger partial charge in [-0.1, -0.05) is 23.4 Å². The highest BCUT2D eigenvalue weighted by atomic mass is 35.5. The fourth-order valence-electron chi connectivity index (χ4n) is 2.06. The number of anilines is 1. The van der Waals surface area contributed by atoms with Gasteiger partial charge in [0.05, 0.1) is 6.54 Å². The number of aliphatic imine (C=N–C) groups is 1. The van der Waals surface area contributed by atoms with Gasteiger partial charge in [0.1, 0.15) is 9.12 Å². The van der Waals surface area contributed by atoms with E-state index in [-0.39, 0.29) is 5.91 Å². The molecule has 0 radical (unpaired) electrons. The Hall–Kier alpha value is -0.650. The summed E-state index contributed by atoms with van der Waals surface area (Å²) in [5.41, 5.74) is 1.80. The van der Waals surface area contributed by atoms with E-state index in [9.17, 15) is 4.79 Å². The fourth-order valence-corrected chi connectivity index (χ4v) is 4.16. The summed E-state index contributed by atoms with van der Waals surface area (Å²) in [6, 6.07) is 5.50. The number of rotatable bonds is 0. The van der Waals surface area contributed by atoms with E-state index in [2.05, 4.69) is 10.3 Å². The van der Waals surface area contributed by atoms with Crippen molar-refractivity contribution in [3.05, 3.63) is 28.8 Å². The van der Waals surface area contributed by atoms with E-state index in [1.165, 1.54) is 11.8 Å². The topological polar surface area (TPSA) is 41.5 Å². The third kappa shape index (κ3) is 1.60. The van der Waals surface area contributed by atoms with Gasteiger partial charge < -0.3 is 5.32 Å². The minimum atomic E-state index is -0.599.